The van der Waals surface area contributed by atoms with E-state index in [1.165, 1.54) is 29.2 Å². The minimum atomic E-state index is -3.92. The monoisotopic (exact) mass is 740 g/mol. The van der Waals surface area contributed by atoms with Crippen molar-refractivity contribution in [2.45, 2.75) is 61.9 Å². The highest BCUT2D eigenvalue weighted by molar-refractivity contribution is 7.89. The van der Waals surface area contributed by atoms with E-state index in [0.717, 1.165) is 56.5 Å². The third-order valence-electron chi connectivity index (χ3n) is 7.89. The molecule has 0 aliphatic carbocycles. The number of amides is 2. The quantitative estimate of drug-likeness (QED) is 0.0613. The van der Waals surface area contributed by atoms with Crippen LogP contribution in [-0.4, -0.2) is 103 Å². The number of nitrogens with zero attached hydrogens (tertiary/aromatic N) is 3. The number of sulfonamides is 1. The Kier molecular flexibility index (Phi) is 17.8. The molecule has 8 N–H and O–H groups in total. The maximum Gasteiger partial charge on any atom is 0.317 e. The average Bonchev–Trinajstić information content (AvgIpc) is 3.10. The van der Waals surface area contributed by atoms with Crippen LogP contribution in [0.1, 0.15) is 62.4 Å². The van der Waals surface area contributed by atoms with Gasteiger partial charge in [-0.05, 0) is 67.9 Å². The minimum absolute atomic E-state index is 0.0819. The number of primary sulfonamides is 1. The van der Waals surface area contributed by atoms with Crippen LogP contribution >= 0.6 is 0 Å². The Morgan fingerprint density at radius 1 is 0.731 bits per heavy atom. The van der Waals surface area contributed by atoms with Crippen LogP contribution < -0.4 is 26.4 Å². The normalized spacial score (nSPS) is 12.1. The molecule has 1 atom stereocenters. The molecule has 17 heteroatoms. The smallest absolute Gasteiger partial charge is 0.317 e. The third-order valence-corrected chi connectivity index (χ3v) is 8.82. The molecule has 0 saturated carbocycles. The number of carbonyl (C=O) groups excluding carboxylic acids is 2. The fourth-order valence-corrected chi connectivity index (χ4v) is 5.95. The maximum absolute atomic E-state index is 12.8. The number of nitrogens with two attached hydrogens (primary N) is 1. The summed E-state index contributed by atoms with van der Waals surface area (Å²) in [4.78, 5) is 58.4. The van der Waals surface area contributed by atoms with Crippen LogP contribution in [0.25, 0.3) is 0 Å². The topological polar surface area (TPSA) is 246 Å². The zero-order valence-electron chi connectivity index (χ0n) is 28.9. The van der Waals surface area contributed by atoms with Gasteiger partial charge >= 0.3 is 11.9 Å². The summed E-state index contributed by atoms with van der Waals surface area (Å²) in [6, 6.07) is 15.9. The summed E-state index contributed by atoms with van der Waals surface area (Å²) in [5, 5.41) is 35.4. The van der Waals surface area contributed by atoms with Gasteiger partial charge in [0.2, 0.25) is 21.8 Å². The summed E-state index contributed by atoms with van der Waals surface area (Å²) in [5.74, 6) is -3.31. The number of anilines is 1. The van der Waals surface area contributed by atoms with Crippen LogP contribution in [0.5, 0.6) is 0 Å². The highest BCUT2D eigenvalue weighted by Crippen LogP contribution is 2.18. The van der Waals surface area contributed by atoms with Gasteiger partial charge in [-0.15, -0.1) is 0 Å². The van der Waals surface area contributed by atoms with Crippen molar-refractivity contribution < 1.29 is 37.8 Å². The van der Waals surface area contributed by atoms with E-state index < -0.39 is 47.0 Å². The molecule has 2 aromatic heterocycles. The van der Waals surface area contributed by atoms with Gasteiger partial charge in [0, 0.05) is 43.6 Å². The molecule has 1 aromatic carbocycles. The molecule has 0 aliphatic heterocycles. The fraction of sp³-hybridized carbons (Fsp3) is 0.429. The second kappa shape index (κ2) is 22.2. The lowest BCUT2D eigenvalue weighted by Crippen LogP contribution is -2.48. The first-order chi connectivity index (χ1) is 24.9. The van der Waals surface area contributed by atoms with Gasteiger partial charge < -0.3 is 31.5 Å². The molecule has 16 nitrogen and oxygen atoms in total. The number of unbranched alkanes of at least 4 members (excludes halogenated alkanes) is 5. The molecule has 3 aromatic rings. The molecule has 0 spiro atoms. The number of carboxylic acids is 2. The van der Waals surface area contributed by atoms with E-state index in [0.29, 0.717) is 6.54 Å². The number of benzene rings is 1. The molecule has 0 bridgehead atoms. The lowest BCUT2D eigenvalue weighted by atomic mass is 10.1. The minimum Gasteiger partial charge on any atom is -0.480 e. The van der Waals surface area contributed by atoms with Crippen LogP contribution in [-0.2, 0) is 29.2 Å². The van der Waals surface area contributed by atoms with Gasteiger partial charge in [0.1, 0.15) is 0 Å². The van der Waals surface area contributed by atoms with Crippen LogP contribution in [0.2, 0.25) is 0 Å². The second-order valence-corrected chi connectivity index (χ2v) is 13.8. The molecule has 0 aliphatic rings. The van der Waals surface area contributed by atoms with Gasteiger partial charge in [0.05, 0.1) is 42.0 Å². The third kappa shape index (κ3) is 16.5. The van der Waals surface area contributed by atoms with E-state index in [2.05, 4.69) is 31.2 Å². The van der Waals surface area contributed by atoms with Gasteiger partial charge in [-0.1, -0.05) is 37.8 Å². The van der Waals surface area contributed by atoms with Crippen LogP contribution in [0.15, 0.2) is 78.0 Å². The van der Waals surface area contributed by atoms with Gasteiger partial charge in [0.15, 0.2) is 0 Å². The first-order valence-electron chi connectivity index (χ1n) is 17.0. The number of aromatic nitrogens is 2. The SMILES string of the molecule is NS(=O)(=O)c1ccc(NC(=O)CN(CC(=O)O)CC(CC(=O)NCCCCCCCCNC(c2ccccn2)c2ccccn2)NCC(=O)O)cc1. The van der Waals surface area contributed by atoms with Crippen molar-refractivity contribution in [2.24, 2.45) is 5.14 Å². The lowest BCUT2D eigenvalue weighted by Gasteiger charge is -2.26. The summed E-state index contributed by atoms with van der Waals surface area (Å²) >= 11 is 0. The summed E-state index contributed by atoms with van der Waals surface area (Å²) in [6.07, 6.45) is 9.19. The second-order valence-electron chi connectivity index (χ2n) is 12.2. The Morgan fingerprint density at radius 3 is 1.87 bits per heavy atom. The number of carboxylic acid groups (broad SMARTS) is 2. The highest BCUT2D eigenvalue weighted by atomic mass is 32.2. The zero-order valence-corrected chi connectivity index (χ0v) is 29.8. The van der Waals surface area contributed by atoms with Crippen molar-refractivity contribution in [3.63, 3.8) is 0 Å². The predicted molar refractivity (Wildman–Crippen MR) is 194 cm³/mol. The first kappa shape index (κ1) is 41.6. The van der Waals surface area contributed by atoms with E-state index in [4.69, 9.17) is 5.14 Å². The molecule has 0 saturated heterocycles. The summed E-state index contributed by atoms with van der Waals surface area (Å²) in [7, 11) is -3.92. The van der Waals surface area contributed by atoms with Gasteiger partial charge in [-0.25, -0.2) is 13.6 Å². The van der Waals surface area contributed by atoms with Crippen molar-refractivity contribution in [1.82, 2.24) is 30.8 Å². The van der Waals surface area contributed by atoms with Crippen LogP contribution in [0.3, 0.4) is 0 Å². The van der Waals surface area contributed by atoms with E-state index in [-0.39, 0.29) is 42.0 Å². The number of rotatable bonds is 25. The van der Waals surface area contributed by atoms with E-state index >= 15 is 0 Å². The van der Waals surface area contributed by atoms with Crippen LogP contribution in [0.4, 0.5) is 5.69 Å². The molecular weight excluding hydrogens is 692 g/mol. The first-order valence-corrected chi connectivity index (χ1v) is 18.6. The number of carbonyl (C=O) groups is 4. The standard InChI is InChI=1S/C35H48N8O8S/c36-52(50,51)28-15-13-26(14-16-28)42-32(45)24-43(25-34(48)49)23-27(41-22-33(46)47)21-31(44)39-19-7-3-1-2-4-8-20-40-35(29-11-5-9-17-37-29)30-12-6-10-18-38-30/h5-6,9-18,27,35,40-41H,1-4,7-8,19-25H2,(H,39,44)(H,42,45)(H,46,47)(H,48,49)(H2,36,50,51). The highest BCUT2D eigenvalue weighted by Gasteiger charge is 2.22. The van der Waals surface area contributed by atoms with Crippen molar-refractivity contribution >= 4 is 39.5 Å². The Morgan fingerprint density at radius 2 is 1.33 bits per heavy atom. The number of pyridine rings is 2. The van der Waals surface area contributed by atoms with Crippen molar-refractivity contribution in [2.75, 3.05) is 44.6 Å². The molecule has 282 valence electrons. The molecule has 0 radical (unpaired) electrons. The van der Waals surface area contributed by atoms with Crippen LogP contribution in [0, 0.1) is 0 Å². The van der Waals surface area contributed by atoms with E-state index in [1.807, 2.05) is 36.4 Å². The van der Waals surface area contributed by atoms with Gasteiger partial charge in [-0.3, -0.25) is 34.0 Å². The molecular formula is C35H48N8O8S. The summed E-state index contributed by atoms with van der Waals surface area (Å²) in [6.45, 7) is -0.255. The molecule has 1 unspecified atom stereocenters. The largest absolute Gasteiger partial charge is 0.480 e. The molecule has 52 heavy (non-hydrogen) atoms. The number of aliphatic carboxylic acids is 2. The van der Waals surface area contributed by atoms with E-state index in [9.17, 15) is 37.8 Å². The Hall–Kier alpha value is -4.81. The van der Waals surface area contributed by atoms with Gasteiger partial charge in [-0.2, -0.15) is 0 Å². The summed E-state index contributed by atoms with van der Waals surface area (Å²) in [5.41, 5.74) is 2.10. The van der Waals surface area contributed by atoms with Gasteiger partial charge in [0.25, 0.3) is 0 Å². The Bertz CT molecular complexity index is 1630. The van der Waals surface area contributed by atoms with E-state index in [1.54, 1.807) is 12.4 Å². The average molecular weight is 741 g/mol. The predicted octanol–water partition coefficient (Wildman–Crippen LogP) is 1.72. The number of nitrogens with one attached hydrogen (secondary N) is 4. The molecule has 2 amide bonds. The molecule has 3 rings (SSSR count). The van der Waals surface area contributed by atoms with Crippen molar-refractivity contribution in [3.05, 3.63) is 84.4 Å². The zero-order chi connectivity index (χ0) is 37.8. The number of hydrogen-bond acceptors (Lipinski definition) is 11. The van der Waals surface area contributed by atoms with Crippen molar-refractivity contribution in [1.29, 1.82) is 0 Å². The Labute approximate surface area is 303 Å². The fourth-order valence-electron chi connectivity index (χ4n) is 5.43. The number of hydrogen-bond donors (Lipinski definition) is 7. The maximum atomic E-state index is 12.8. The summed E-state index contributed by atoms with van der Waals surface area (Å²) < 4.78 is 22.9. The Balaban J connectivity index is 1.37. The lowest BCUT2D eigenvalue weighted by molar-refractivity contribution is -0.139. The molecule has 0 fully saturated rings. The molecule has 2 heterocycles. The van der Waals surface area contributed by atoms with Crippen molar-refractivity contribution in [3.8, 4) is 0 Å².